The molecule has 1 atom stereocenters. The van der Waals surface area contributed by atoms with E-state index in [9.17, 15) is 0 Å². The molecule has 3 aromatic rings. The first kappa shape index (κ1) is 13.3. The van der Waals surface area contributed by atoms with Crippen molar-refractivity contribution in [2.75, 3.05) is 5.32 Å². The number of pyridine rings is 1. The summed E-state index contributed by atoms with van der Waals surface area (Å²) in [5, 5.41) is 8.08. The van der Waals surface area contributed by atoms with Crippen molar-refractivity contribution in [1.29, 1.82) is 0 Å². The molecule has 0 radical (unpaired) electrons. The second kappa shape index (κ2) is 5.38. The Morgan fingerprint density at radius 1 is 1.30 bits per heavy atom. The Labute approximate surface area is 129 Å². The third-order valence-corrected chi connectivity index (χ3v) is 3.79. The highest BCUT2D eigenvalue weighted by Gasteiger charge is 2.12. The summed E-state index contributed by atoms with van der Waals surface area (Å²) in [5.74, 6) is 0.763. The first-order chi connectivity index (χ1) is 9.65. The minimum atomic E-state index is 0.0558. The van der Waals surface area contributed by atoms with Crippen LogP contribution in [0.1, 0.15) is 18.5 Å². The average molecular weight is 353 g/mol. The van der Waals surface area contributed by atoms with Gasteiger partial charge in [-0.25, -0.2) is 14.5 Å². The normalized spacial score (nSPS) is 12.6. The minimum Gasteiger partial charge on any atom is -0.362 e. The zero-order valence-electron chi connectivity index (χ0n) is 10.6. The van der Waals surface area contributed by atoms with Crippen LogP contribution >= 0.6 is 27.5 Å². The van der Waals surface area contributed by atoms with Crippen LogP contribution in [0.4, 0.5) is 5.82 Å². The molecule has 20 heavy (non-hydrogen) atoms. The van der Waals surface area contributed by atoms with E-state index in [0.717, 1.165) is 21.4 Å². The van der Waals surface area contributed by atoms with Crippen LogP contribution in [0, 0.1) is 0 Å². The van der Waals surface area contributed by atoms with Crippen molar-refractivity contribution in [3.05, 3.63) is 52.1 Å². The summed E-state index contributed by atoms with van der Waals surface area (Å²) in [4.78, 5) is 8.46. The van der Waals surface area contributed by atoms with Gasteiger partial charge in [0.05, 0.1) is 16.7 Å². The maximum absolute atomic E-state index is 5.80. The molecule has 0 fully saturated rings. The van der Waals surface area contributed by atoms with E-state index in [4.69, 9.17) is 11.6 Å². The highest BCUT2D eigenvalue weighted by Crippen LogP contribution is 2.26. The molecule has 0 saturated carbocycles. The molecule has 1 N–H and O–H groups in total. The molecule has 0 amide bonds. The second-order valence-corrected chi connectivity index (χ2v) is 5.58. The predicted octanol–water partition coefficient (Wildman–Crippen LogP) is 3.71. The van der Waals surface area contributed by atoms with Gasteiger partial charge in [0.1, 0.15) is 10.7 Å². The average Bonchev–Trinajstić information content (AvgIpc) is 2.82. The van der Waals surface area contributed by atoms with Gasteiger partial charge in [-0.1, -0.05) is 17.7 Å². The van der Waals surface area contributed by atoms with Crippen molar-refractivity contribution in [3.8, 4) is 0 Å². The van der Waals surface area contributed by atoms with E-state index in [1.807, 2.05) is 13.0 Å². The van der Waals surface area contributed by atoms with Crippen LogP contribution in [0.5, 0.6) is 0 Å². The Morgan fingerprint density at radius 3 is 2.90 bits per heavy atom. The lowest BCUT2D eigenvalue weighted by Crippen LogP contribution is -2.09. The van der Waals surface area contributed by atoms with Gasteiger partial charge in [0, 0.05) is 18.6 Å². The molecule has 1 unspecified atom stereocenters. The van der Waals surface area contributed by atoms with Crippen LogP contribution in [-0.2, 0) is 0 Å². The number of anilines is 1. The number of rotatable bonds is 3. The fourth-order valence-corrected chi connectivity index (χ4v) is 2.52. The van der Waals surface area contributed by atoms with Crippen LogP contribution in [0.25, 0.3) is 5.52 Å². The maximum atomic E-state index is 5.80. The smallest absolute Gasteiger partial charge is 0.153 e. The zero-order valence-corrected chi connectivity index (χ0v) is 12.9. The summed E-state index contributed by atoms with van der Waals surface area (Å²) in [7, 11) is 0. The second-order valence-electron chi connectivity index (χ2n) is 4.34. The Bertz CT molecular complexity index is 740. The van der Waals surface area contributed by atoms with E-state index in [1.165, 1.54) is 0 Å². The molecule has 102 valence electrons. The SMILES string of the molecule is CC(Nc1nccn2ncc(Br)c12)c1ccc(Cl)nc1. The molecule has 3 aromatic heterocycles. The van der Waals surface area contributed by atoms with Gasteiger partial charge in [-0.2, -0.15) is 5.10 Å². The number of aromatic nitrogens is 4. The molecule has 0 saturated heterocycles. The summed E-state index contributed by atoms with van der Waals surface area (Å²) in [6.45, 7) is 2.04. The number of hydrogen-bond acceptors (Lipinski definition) is 4. The lowest BCUT2D eigenvalue weighted by atomic mass is 10.1. The van der Waals surface area contributed by atoms with Gasteiger partial charge < -0.3 is 5.32 Å². The highest BCUT2D eigenvalue weighted by atomic mass is 79.9. The number of nitrogens with zero attached hydrogens (tertiary/aromatic N) is 4. The Hall–Kier alpha value is -1.66. The Balaban J connectivity index is 1.93. The van der Waals surface area contributed by atoms with E-state index < -0.39 is 0 Å². The first-order valence-corrected chi connectivity index (χ1v) is 7.18. The fraction of sp³-hybridized carbons (Fsp3) is 0.154. The van der Waals surface area contributed by atoms with E-state index in [0.29, 0.717) is 5.15 Å². The fourth-order valence-electron chi connectivity index (χ4n) is 1.95. The third-order valence-electron chi connectivity index (χ3n) is 2.99. The van der Waals surface area contributed by atoms with Crippen molar-refractivity contribution >= 4 is 38.9 Å². The summed E-state index contributed by atoms with van der Waals surface area (Å²) in [6, 6.07) is 3.77. The maximum Gasteiger partial charge on any atom is 0.153 e. The van der Waals surface area contributed by atoms with E-state index in [-0.39, 0.29) is 6.04 Å². The molecule has 7 heteroatoms. The van der Waals surface area contributed by atoms with Crippen molar-refractivity contribution in [2.24, 2.45) is 0 Å². The molecule has 3 rings (SSSR count). The van der Waals surface area contributed by atoms with Crippen LogP contribution in [-0.4, -0.2) is 19.6 Å². The van der Waals surface area contributed by atoms with Crippen LogP contribution in [0.3, 0.4) is 0 Å². The van der Waals surface area contributed by atoms with Gasteiger partial charge in [-0.15, -0.1) is 0 Å². The van der Waals surface area contributed by atoms with Crippen molar-refractivity contribution in [2.45, 2.75) is 13.0 Å². The van der Waals surface area contributed by atoms with Crippen LogP contribution < -0.4 is 5.32 Å². The lowest BCUT2D eigenvalue weighted by molar-refractivity contribution is 0.859. The molecule has 3 heterocycles. The van der Waals surface area contributed by atoms with Crippen LogP contribution in [0.2, 0.25) is 5.15 Å². The van der Waals surface area contributed by atoms with Crippen molar-refractivity contribution in [1.82, 2.24) is 19.6 Å². The molecule has 0 aliphatic carbocycles. The minimum absolute atomic E-state index is 0.0558. The quantitative estimate of drug-likeness (QED) is 0.730. The first-order valence-electron chi connectivity index (χ1n) is 6.01. The van der Waals surface area contributed by atoms with Crippen molar-refractivity contribution < 1.29 is 0 Å². The molecular formula is C13H11BrClN5. The number of halogens is 2. The van der Waals surface area contributed by atoms with Gasteiger partial charge in [0.2, 0.25) is 0 Å². The van der Waals surface area contributed by atoms with E-state index in [2.05, 4.69) is 36.3 Å². The lowest BCUT2D eigenvalue weighted by Gasteiger charge is -2.15. The summed E-state index contributed by atoms with van der Waals surface area (Å²) in [5.41, 5.74) is 1.94. The standard InChI is InChI=1S/C13H11BrClN5/c1-8(9-2-3-11(15)17-6-9)19-13-12-10(14)7-18-20(12)5-4-16-13/h2-8H,1H3,(H,16,19). The zero-order chi connectivity index (χ0) is 14.1. The predicted molar refractivity (Wildman–Crippen MR) is 82.0 cm³/mol. The van der Waals surface area contributed by atoms with Gasteiger partial charge in [-0.3, -0.25) is 0 Å². The number of hydrogen-bond donors (Lipinski definition) is 1. The molecule has 0 aliphatic rings. The molecule has 5 nitrogen and oxygen atoms in total. The Kier molecular flexibility index (Phi) is 3.58. The van der Waals surface area contributed by atoms with Crippen molar-refractivity contribution in [3.63, 3.8) is 0 Å². The third kappa shape index (κ3) is 2.48. The van der Waals surface area contributed by atoms with Gasteiger partial charge in [-0.05, 0) is 34.5 Å². The summed E-state index contributed by atoms with van der Waals surface area (Å²) >= 11 is 9.28. The monoisotopic (exact) mass is 351 g/mol. The van der Waals surface area contributed by atoms with Gasteiger partial charge in [0.15, 0.2) is 5.82 Å². The number of nitrogens with one attached hydrogen (secondary N) is 1. The molecular weight excluding hydrogens is 342 g/mol. The molecule has 0 bridgehead atoms. The largest absolute Gasteiger partial charge is 0.362 e. The highest BCUT2D eigenvalue weighted by molar-refractivity contribution is 9.10. The molecule has 0 aliphatic heterocycles. The summed E-state index contributed by atoms with van der Waals surface area (Å²) < 4.78 is 2.67. The number of fused-ring (bicyclic) bond motifs is 1. The molecule has 0 spiro atoms. The van der Waals surface area contributed by atoms with Crippen LogP contribution in [0.15, 0.2) is 41.4 Å². The van der Waals surface area contributed by atoms with E-state index >= 15 is 0 Å². The van der Waals surface area contributed by atoms with E-state index in [1.54, 1.807) is 35.4 Å². The van der Waals surface area contributed by atoms with Gasteiger partial charge >= 0.3 is 0 Å². The van der Waals surface area contributed by atoms with Gasteiger partial charge in [0.25, 0.3) is 0 Å². The summed E-state index contributed by atoms with van der Waals surface area (Å²) in [6.07, 6.45) is 7.02. The Morgan fingerprint density at radius 2 is 2.15 bits per heavy atom. The topological polar surface area (TPSA) is 55.1 Å². The molecule has 0 aromatic carbocycles.